The van der Waals surface area contributed by atoms with Crippen molar-refractivity contribution in [3.8, 4) is 0 Å². The maximum atomic E-state index is 11.8. The highest BCUT2D eigenvalue weighted by atomic mass is 16.3. The Morgan fingerprint density at radius 1 is 1.21 bits per heavy atom. The van der Waals surface area contributed by atoms with Crippen LogP contribution in [0.15, 0.2) is 30.3 Å². The van der Waals surface area contributed by atoms with Gasteiger partial charge in [0.25, 0.3) is 0 Å². The van der Waals surface area contributed by atoms with Crippen LogP contribution in [0.2, 0.25) is 0 Å². The van der Waals surface area contributed by atoms with Gasteiger partial charge in [0.1, 0.15) is 0 Å². The van der Waals surface area contributed by atoms with Crippen molar-refractivity contribution in [3.63, 3.8) is 0 Å². The van der Waals surface area contributed by atoms with E-state index in [1.54, 1.807) is 0 Å². The highest BCUT2D eigenvalue weighted by Gasteiger charge is 2.14. The number of hydrogen-bond donors (Lipinski definition) is 4. The van der Waals surface area contributed by atoms with Crippen molar-refractivity contribution in [1.82, 2.24) is 10.6 Å². The average molecular weight is 266 g/mol. The Labute approximate surface area is 113 Å². The van der Waals surface area contributed by atoms with Crippen molar-refractivity contribution in [2.75, 3.05) is 13.2 Å². The fourth-order valence-corrected chi connectivity index (χ4v) is 1.81. The van der Waals surface area contributed by atoms with Crippen LogP contribution in [0.5, 0.6) is 0 Å². The van der Waals surface area contributed by atoms with E-state index in [4.69, 9.17) is 5.11 Å². The van der Waals surface area contributed by atoms with Crippen molar-refractivity contribution in [2.24, 2.45) is 0 Å². The van der Waals surface area contributed by atoms with E-state index in [2.05, 4.69) is 10.6 Å². The monoisotopic (exact) mass is 266 g/mol. The summed E-state index contributed by atoms with van der Waals surface area (Å²) in [6, 6.07) is 8.59. The molecule has 0 radical (unpaired) electrons. The molecule has 0 saturated heterocycles. The first-order valence-electron chi connectivity index (χ1n) is 6.51. The highest BCUT2D eigenvalue weighted by molar-refractivity contribution is 5.74. The van der Waals surface area contributed by atoms with Crippen LogP contribution < -0.4 is 10.6 Å². The molecule has 0 bridgehead atoms. The summed E-state index contributed by atoms with van der Waals surface area (Å²) in [7, 11) is 0. The number of aliphatic hydroxyl groups is 2. The van der Waals surface area contributed by atoms with Gasteiger partial charge in [-0.2, -0.15) is 0 Å². The van der Waals surface area contributed by atoms with E-state index in [9.17, 15) is 9.90 Å². The Morgan fingerprint density at radius 2 is 1.89 bits per heavy atom. The number of benzene rings is 1. The third-order valence-electron chi connectivity index (χ3n) is 2.86. The van der Waals surface area contributed by atoms with Gasteiger partial charge in [0.05, 0.1) is 12.6 Å². The molecule has 106 valence electrons. The molecule has 5 heteroatoms. The zero-order valence-electron chi connectivity index (χ0n) is 11.2. The van der Waals surface area contributed by atoms with Gasteiger partial charge in [0, 0.05) is 12.6 Å². The number of carbonyl (C=O) groups excluding carboxylic acids is 1. The molecule has 1 aromatic carbocycles. The van der Waals surface area contributed by atoms with Gasteiger partial charge < -0.3 is 20.8 Å². The van der Waals surface area contributed by atoms with Crippen molar-refractivity contribution in [3.05, 3.63) is 35.9 Å². The largest absolute Gasteiger partial charge is 0.396 e. The summed E-state index contributed by atoms with van der Waals surface area (Å²) in [5.41, 5.74) is 0.864. The molecule has 2 atom stereocenters. The summed E-state index contributed by atoms with van der Waals surface area (Å²) < 4.78 is 0. The van der Waals surface area contributed by atoms with E-state index in [-0.39, 0.29) is 25.3 Å². The first-order valence-corrected chi connectivity index (χ1v) is 6.51. The number of urea groups is 1. The van der Waals surface area contributed by atoms with E-state index in [0.29, 0.717) is 6.42 Å². The van der Waals surface area contributed by atoms with Crippen molar-refractivity contribution >= 4 is 6.03 Å². The second-order valence-electron chi connectivity index (χ2n) is 4.53. The Morgan fingerprint density at radius 3 is 2.47 bits per heavy atom. The van der Waals surface area contributed by atoms with E-state index in [1.165, 1.54) is 0 Å². The van der Waals surface area contributed by atoms with Gasteiger partial charge in [-0.25, -0.2) is 4.79 Å². The normalized spacial score (nSPS) is 13.6. The van der Waals surface area contributed by atoms with Crippen LogP contribution in [0.25, 0.3) is 0 Å². The number of carbonyl (C=O) groups is 1. The predicted molar refractivity (Wildman–Crippen MR) is 73.7 cm³/mol. The van der Waals surface area contributed by atoms with E-state index in [0.717, 1.165) is 12.0 Å². The number of hydrogen-bond acceptors (Lipinski definition) is 3. The summed E-state index contributed by atoms with van der Waals surface area (Å²) in [5.74, 6) is 0. The minimum Gasteiger partial charge on any atom is -0.396 e. The Balaban J connectivity index is 2.45. The molecule has 0 aliphatic rings. The molecule has 1 rings (SSSR count). The smallest absolute Gasteiger partial charge is 0.315 e. The first-order chi connectivity index (χ1) is 9.17. The standard InChI is InChI=1S/C14H22N2O3/c1-11(6-5-9-17)15-14(19)16-13(10-18)12-7-3-2-4-8-12/h2-4,7-8,11,13,17-18H,5-6,9-10H2,1H3,(H2,15,16,19). The van der Waals surface area contributed by atoms with E-state index in [1.807, 2.05) is 37.3 Å². The SMILES string of the molecule is CC(CCCO)NC(=O)NC(CO)c1ccccc1. The van der Waals surface area contributed by atoms with Gasteiger partial charge in [-0.05, 0) is 25.3 Å². The van der Waals surface area contributed by atoms with Gasteiger partial charge in [0.15, 0.2) is 0 Å². The molecule has 19 heavy (non-hydrogen) atoms. The van der Waals surface area contributed by atoms with Crippen LogP contribution in [0.1, 0.15) is 31.4 Å². The maximum Gasteiger partial charge on any atom is 0.315 e. The highest BCUT2D eigenvalue weighted by Crippen LogP contribution is 2.11. The summed E-state index contributed by atoms with van der Waals surface area (Å²) in [4.78, 5) is 11.8. The molecule has 5 nitrogen and oxygen atoms in total. The quantitative estimate of drug-likeness (QED) is 0.598. The lowest BCUT2D eigenvalue weighted by Gasteiger charge is -2.19. The van der Waals surface area contributed by atoms with E-state index >= 15 is 0 Å². The predicted octanol–water partition coefficient (Wildman–Crippen LogP) is 1.18. The lowest BCUT2D eigenvalue weighted by atomic mass is 10.1. The minimum absolute atomic E-state index is 0.0118. The van der Waals surface area contributed by atoms with Gasteiger partial charge >= 0.3 is 6.03 Å². The number of nitrogens with one attached hydrogen (secondary N) is 2. The lowest BCUT2D eigenvalue weighted by molar-refractivity contribution is 0.213. The van der Waals surface area contributed by atoms with Crippen LogP contribution in [-0.4, -0.2) is 35.5 Å². The molecule has 1 aromatic rings. The molecule has 0 aliphatic heterocycles. The summed E-state index contributed by atoms with van der Waals surface area (Å²) in [6.07, 6.45) is 1.38. The number of aliphatic hydroxyl groups excluding tert-OH is 2. The second kappa shape index (κ2) is 8.50. The van der Waals surface area contributed by atoms with Gasteiger partial charge in [-0.1, -0.05) is 30.3 Å². The molecular formula is C14H22N2O3. The number of amides is 2. The van der Waals surface area contributed by atoms with Crippen molar-refractivity contribution in [1.29, 1.82) is 0 Å². The van der Waals surface area contributed by atoms with Gasteiger partial charge in [-0.15, -0.1) is 0 Å². The fourth-order valence-electron chi connectivity index (χ4n) is 1.81. The molecular weight excluding hydrogens is 244 g/mol. The maximum absolute atomic E-state index is 11.8. The van der Waals surface area contributed by atoms with Crippen LogP contribution in [0.3, 0.4) is 0 Å². The van der Waals surface area contributed by atoms with Crippen molar-refractivity contribution in [2.45, 2.75) is 31.8 Å². The molecule has 0 spiro atoms. The first kappa shape index (κ1) is 15.5. The van der Waals surface area contributed by atoms with Crippen LogP contribution in [0.4, 0.5) is 4.79 Å². The third kappa shape index (κ3) is 5.72. The minimum atomic E-state index is -0.411. The van der Waals surface area contributed by atoms with Gasteiger partial charge in [-0.3, -0.25) is 0 Å². The Bertz CT molecular complexity index is 370. The Kier molecular flexibility index (Phi) is 6.92. The van der Waals surface area contributed by atoms with E-state index < -0.39 is 6.04 Å². The topological polar surface area (TPSA) is 81.6 Å². The molecule has 0 fully saturated rings. The fraction of sp³-hybridized carbons (Fsp3) is 0.500. The van der Waals surface area contributed by atoms with Crippen LogP contribution in [0, 0.1) is 0 Å². The second-order valence-corrected chi connectivity index (χ2v) is 4.53. The van der Waals surface area contributed by atoms with Crippen LogP contribution >= 0.6 is 0 Å². The van der Waals surface area contributed by atoms with Gasteiger partial charge in [0.2, 0.25) is 0 Å². The average Bonchev–Trinajstić information content (AvgIpc) is 2.43. The zero-order valence-corrected chi connectivity index (χ0v) is 11.2. The molecule has 4 N–H and O–H groups in total. The molecule has 0 aliphatic carbocycles. The summed E-state index contributed by atoms with van der Waals surface area (Å²) >= 11 is 0. The summed E-state index contributed by atoms with van der Waals surface area (Å²) in [5, 5.41) is 23.6. The Hall–Kier alpha value is -1.59. The summed E-state index contributed by atoms with van der Waals surface area (Å²) in [6.45, 7) is 1.85. The molecule has 2 unspecified atom stereocenters. The van der Waals surface area contributed by atoms with Crippen LogP contribution in [-0.2, 0) is 0 Å². The molecule has 0 aromatic heterocycles. The van der Waals surface area contributed by atoms with Crippen molar-refractivity contribution < 1.29 is 15.0 Å². The number of rotatable bonds is 7. The molecule has 0 saturated carbocycles. The zero-order chi connectivity index (χ0) is 14.1. The lowest BCUT2D eigenvalue weighted by Crippen LogP contribution is -2.43. The molecule has 2 amide bonds. The third-order valence-corrected chi connectivity index (χ3v) is 2.86. The molecule has 0 heterocycles.